The Morgan fingerprint density at radius 3 is 2.28 bits per heavy atom. The van der Waals surface area contributed by atoms with Crippen molar-refractivity contribution in [3.05, 3.63) is 54.1 Å². The molecular weight excluding hydrogens is 347 g/mol. The van der Waals surface area contributed by atoms with Crippen molar-refractivity contribution >= 4 is 10.1 Å². The average Bonchev–Trinajstić information content (AvgIpc) is 2.55. The maximum atomic E-state index is 11.5. The molecule has 2 rings (SSSR count). The fourth-order valence-corrected chi connectivity index (χ4v) is 3.12. The number of rotatable bonds is 9. The van der Waals surface area contributed by atoms with E-state index in [9.17, 15) is 13.0 Å². The van der Waals surface area contributed by atoms with Gasteiger partial charge in [0.2, 0.25) is 0 Å². The molecule has 0 fully saturated rings. The van der Waals surface area contributed by atoms with Gasteiger partial charge < -0.3 is 9.29 Å². The van der Waals surface area contributed by atoms with Crippen LogP contribution in [0, 0.1) is 0 Å². The molecule has 0 unspecified atom stereocenters. The number of aryl methyl sites for hydroxylation is 1. The summed E-state index contributed by atoms with van der Waals surface area (Å²) in [5, 5.41) is 0. The Labute approximate surface area is 172 Å². The Kier molecular flexibility index (Phi) is 9.75. The van der Waals surface area contributed by atoms with E-state index < -0.39 is 10.1 Å². The molecule has 0 aliphatic carbocycles. The molecule has 0 atom stereocenters. The van der Waals surface area contributed by atoms with Crippen LogP contribution >= 0.6 is 0 Å². The van der Waals surface area contributed by atoms with Crippen LogP contribution in [0.25, 0.3) is 0 Å². The first-order chi connectivity index (χ1) is 11.5. The van der Waals surface area contributed by atoms with Gasteiger partial charge in [-0.15, -0.1) is 0 Å². The van der Waals surface area contributed by atoms with Crippen molar-refractivity contribution in [1.29, 1.82) is 0 Å². The monoisotopic (exact) mass is 370 g/mol. The average molecular weight is 370 g/mol. The first kappa shape index (κ1) is 22.2. The molecule has 25 heavy (non-hydrogen) atoms. The molecule has 0 aliphatic rings. The molecule has 0 aromatic heterocycles. The van der Waals surface area contributed by atoms with Crippen LogP contribution < -0.4 is 34.3 Å². The number of hydrogen-bond donors (Lipinski definition) is 0. The first-order valence-electron chi connectivity index (χ1n) is 8.32. The van der Waals surface area contributed by atoms with Gasteiger partial charge in [-0.05, 0) is 42.7 Å². The van der Waals surface area contributed by atoms with Gasteiger partial charge in [0.05, 0.1) is 4.90 Å². The maximum Gasteiger partial charge on any atom is 1.00 e. The van der Waals surface area contributed by atoms with E-state index >= 15 is 0 Å². The summed E-state index contributed by atoms with van der Waals surface area (Å²) < 4.78 is 40.0. The topological polar surface area (TPSA) is 66.4 Å². The number of unbranched alkanes of at least 4 members (excludes halogenated alkanes) is 4. The quantitative estimate of drug-likeness (QED) is 0.384. The zero-order valence-electron chi connectivity index (χ0n) is 14.9. The van der Waals surface area contributed by atoms with E-state index in [1.807, 2.05) is 6.07 Å². The molecule has 0 radical (unpaired) electrons. The maximum absolute atomic E-state index is 11.5. The summed E-state index contributed by atoms with van der Waals surface area (Å²) in [5.74, 6) is 0.602. The third-order valence-electron chi connectivity index (χ3n) is 3.82. The van der Waals surface area contributed by atoms with E-state index in [2.05, 4.69) is 6.92 Å². The molecule has 0 N–H and O–H groups in total. The van der Waals surface area contributed by atoms with Gasteiger partial charge in [-0.3, -0.25) is 0 Å². The van der Waals surface area contributed by atoms with Crippen molar-refractivity contribution in [3.63, 3.8) is 0 Å². The van der Waals surface area contributed by atoms with Crippen molar-refractivity contribution in [2.45, 2.75) is 50.3 Å². The minimum absolute atomic E-state index is 0. The second-order valence-corrected chi connectivity index (χ2v) is 7.16. The van der Waals surface area contributed by atoms with Crippen LogP contribution in [0.1, 0.15) is 44.6 Å². The number of ether oxygens (including phenoxy) is 1. The van der Waals surface area contributed by atoms with Crippen LogP contribution in [0.5, 0.6) is 11.5 Å². The molecule has 4 nitrogen and oxygen atoms in total. The fraction of sp³-hybridized carbons (Fsp3) is 0.368. The second-order valence-electron chi connectivity index (χ2n) is 5.81. The zero-order chi connectivity index (χ0) is 17.4. The molecule has 2 aromatic rings. The summed E-state index contributed by atoms with van der Waals surface area (Å²) in [6.07, 6.45) is 6.66. The van der Waals surface area contributed by atoms with Crippen LogP contribution in [0.3, 0.4) is 0 Å². The number of hydrogen-bond acceptors (Lipinski definition) is 4. The third-order valence-corrected chi connectivity index (χ3v) is 4.69. The second kappa shape index (κ2) is 11.0. The molecule has 0 bridgehead atoms. The molecule has 0 spiro atoms. The normalized spacial score (nSPS) is 11.0. The smallest absolute Gasteiger partial charge is 0.744 e. The third kappa shape index (κ3) is 7.50. The van der Waals surface area contributed by atoms with Crippen molar-refractivity contribution in [2.24, 2.45) is 0 Å². The summed E-state index contributed by atoms with van der Waals surface area (Å²) in [6.45, 7) is 2.18. The zero-order valence-corrected chi connectivity index (χ0v) is 17.7. The van der Waals surface area contributed by atoms with Crippen LogP contribution in [-0.2, 0) is 16.5 Å². The molecular formula is C19H23NaO4S. The molecule has 0 saturated heterocycles. The summed E-state index contributed by atoms with van der Waals surface area (Å²) in [5.41, 5.74) is 0.977. The standard InChI is InChI=1S/C19H24O4S.Na/c1-2-3-4-5-7-10-16-13-14-19(24(20,21)22)18(15-16)23-17-11-8-6-9-12-17;/h6,8-9,11-15H,2-5,7,10H2,1H3,(H,20,21,22);/q;+1/p-1. The molecule has 0 amide bonds. The summed E-state index contributed by atoms with van der Waals surface area (Å²) in [6, 6.07) is 13.6. The first-order valence-corrected chi connectivity index (χ1v) is 9.73. The Bertz CT molecular complexity index is 745. The van der Waals surface area contributed by atoms with Gasteiger partial charge in [0.25, 0.3) is 0 Å². The van der Waals surface area contributed by atoms with E-state index in [0.29, 0.717) is 5.75 Å². The molecule has 130 valence electrons. The summed E-state index contributed by atoms with van der Waals surface area (Å²) in [7, 11) is -4.58. The summed E-state index contributed by atoms with van der Waals surface area (Å²) >= 11 is 0. The molecule has 6 heteroatoms. The van der Waals surface area contributed by atoms with E-state index in [1.165, 1.54) is 25.3 Å². The van der Waals surface area contributed by atoms with Gasteiger partial charge in [0.15, 0.2) is 0 Å². The van der Waals surface area contributed by atoms with Crippen molar-refractivity contribution in [1.82, 2.24) is 0 Å². The number of para-hydroxylation sites is 1. The Balaban J connectivity index is 0.00000312. The van der Waals surface area contributed by atoms with E-state index in [-0.39, 0.29) is 40.2 Å². The van der Waals surface area contributed by atoms with Crippen LogP contribution in [-0.4, -0.2) is 13.0 Å². The van der Waals surface area contributed by atoms with E-state index in [4.69, 9.17) is 4.74 Å². The van der Waals surface area contributed by atoms with Crippen LogP contribution in [0.15, 0.2) is 53.4 Å². The molecule has 0 heterocycles. The number of benzene rings is 2. The van der Waals surface area contributed by atoms with Crippen molar-refractivity contribution in [2.75, 3.05) is 0 Å². The van der Waals surface area contributed by atoms with E-state index in [0.717, 1.165) is 24.8 Å². The Morgan fingerprint density at radius 2 is 1.64 bits per heavy atom. The molecule has 0 saturated carbocycles. The summed E-state index contributed by atoms with van der Waals surface area (Å²) in [4.78, 5) is -0.318. The SMILES string of the molecule is CCCCCCCc1ccc(S(=O)(=O)[O-])c(Oc2ccccc2)c1.[Na+]. The van der Waals surface area contributed by atoms with Gasteiger partial charge in [-0.1, -0.05) is 56.9 Å². The van der Waals surface area contributed by atoms with Gasteiger partial charge >= 0.3 is 29.6 Å². The van der Waals surface area contributed by atoms with Crippen molar-refractivity contribution < 1.29 is 47.3 Å². The minimum Gasteiger partial charge on any atom is -0.744 e. The largest absolute Gasteiger partial charge is 1.00 e. The van der Waals surface area contributed by atoms with Gasteiger partial charge in [-0.2, -0.15) is 0 Å². The fourth-order valence-electron chi connectivity index (χ4n) is 2.54. The van der Waals surface area contributed by atoms with Crippen LogP contribution in [0.2, 0.25) is 0 Å². The van der Waals surface area contributed by atoms with Gasteiger partial charge in [0, 0.05) is 0 Å². The Hall–Kier alpha value is -0.850. The molecule has 2 aromatic carbocycles. The Morgan fingerprint density at radius 1 is 0.960 bits per heavy atom. The van der Waals surface area contributed by atoms with E-state index in [1.54, 1.807) is 36.4 Å². The van der Waals surface area contributed by atoms with Gasteiger partial charge in [-0.25, -0.2) is 8.42 Å². The van der Waals surface area contributed by atoms with Gasteiger partial charge in [0.1, 0.15) is 21.6 Å². The minimum atomic E-state index is -4.58. The predicted octanol–water partition coefficient (Wildman–Crippen LogP) is 1.90. The predicted molar refractivity (Wildman–Crippen MR) is 93.4 cm³/mol. The van der Waals surface area contributed by atoms with Crippen LogP contribution in [0.4, 0.5) is 0 Å². The van der Waals surface area contributed by atoms with Crippen molar-refractivity contribution in [3.8, 4) is 11.5 Å². The molecule has 0 aliphatic heterocycles.